The number of anilines is 1. The number of aromatic nitrogens is 2. The summed E-state index contributed by atoms with van der Waals surface area (Å²) >= 11 is 0. The number of carbonyl (C=O) groups is 2. The number of halogens is 3. The van der Waals surface area contributed by atoms with E-state index in [1.807, 2.05) is 0 Å². The van der Waals surface area contributed by atoms with Crippen molar-refractivity contribution in [2.75, 3.05) is 25.8 Å². The van der Waals surface area contributed by atoms with Gasteiger partial charge in [-0.1, -0.05) is 0 Å². The molecule has 1 amide bonds. The van der Waals surface area contributed by atoms with Crippen molar-refractivity contribution in [1.29, 1.82) is 0 Å². The van der Waals surface area contributed by atoms with Crippen molar-refractivity contribution in [3.8, 4) is 17.0 Å². The van der Waals surface area contributed by atoms with Crippen LogP contribution in [0.1, 0.15) is 44.7 Å². The van der Waals surface area contributed by atoms with Crippen molar-refractivity contribution in [2.45, 2.75) is 64.4 Å². The molecule has 1 aliphatic rings. The summed E-state index contributed by atoms with van der Waals surface area (Å²) in [6, 6.07) is 3.42. The Morgan fingerprint density at radius 3 is 2.45 bits per heavy atom. The quantitative estimate of drug-likeness (QED) is 0.480. The number of hydrogen-bond donors (Lipinski definition) is 2. The number of nitrogens with one attached hydrogen (secondary N) is 1. The molecule has 2 heterocycles. The van der Waals surface area contributed by atoms with E-state index in [4.69, 9.17) is 14.2 Å². The highest BCUT2D eigenvalue weighted by molar-refractivity contribution is 5.80. The van der Waals surface area contributed by atoms with E-state index in [0.717, 1.165) is 12.1 Å². The van der Waals surface area contributed by atoms with Gasteiger partial charge in [0.05, 0.1) is 11.3 Å². The van der Waals surface area contributed by atoms with Gasteiger partial charge in [-0.15, -0.1) is 10.2 Å². The Morgan fingerprint density at radius 2 is 1.87 bits per heavy atom. The number of methoxy groups -OCH3 is 1. The molecule has 208 valence electrons. The highest BCUT2D eigenvalue weighted by Gasteiger charge is 2.38. The summed E-state index contributed by atoms with van der Waals surface area (Å²) in [6.45, 7) is 6.63. The van der Waals surface area contributed by atoms with Crippen LogP contribution in [0.15, 0.2) is 24.3 Å². The average Bonchev–Trinajstić information content (AvgIpc) is 2.81. The number of carboxylic acid groups (broad SMARTS) is 1. The Hall–Kier alpha value is -3.61. The second kappa shape index (κ2) is 11.4. The fourth-order valence-electron chi connectivity index (χ4n) is 4.03. The van der Waals surface area contributed by atoms with Gasteiger partial charge in [-0.25, -0.2) is 9.59 Å². The van der Waals surface area contributed by atoms with Crippen LogP contribution in [0.5, 0.6) is 5.75 Å². The Labute approximate surface area is 218 Å². The normalized spacial score (nSPS) is 18.2. The second-order valence-electron chi connectivity index (χ2n) is 9.93. The fraction of sp³-hybridized carbons (Fsp3) is 0.520. The smallest absolute Gasteiger partial charge is 0.416 e. The topological polar surface area (TPSA) is 123 Å². The molecule has 13 heteroatoms. The first-order valence-corrected chi connectivity index (χ1v) is 11.9. The Balaban J connectivity index is 1.82. The summed E-state index contributed by atoms with van der Waals surface area (Å²) in [4.78, 5) is 25.6. The first kappa shape index (κ1) is 29.0. The monoisotopic (exact) mass is 540 g/mol. The lowest BCUT2D eigenvalue weighted by Gasteiger charge is -2.38. The third kappa shape index (κ3) is 7.24. The van der Waals surface area contributed by atoms with E-state index in [1.165, 1.54) is 18.1 Å². The van der Waals surface area contributed by atoms with Gasteiger partial charge < -0.3 is 24.6 Å². The van der Waals surface area contributed by atoms with E-state index in [9.17, 15) is 27.9 Å². The van der Waals surface area contributed by atoms with Crippen molar-refractivity contribution in [2.24, 2.45) is 0 Å². The van der Waals surface area contributed by atoms with E-state index < -0.39 is 35.4 Å². The number of benzene rings is 1. The molecule has 3 rings (SSSR count). The molecule has 1 aromatic carbocycles. The SMILES string of the molecule is COCOc1cc(C(F)(F)F)ccc1-c1nnc(N[C@@H]2CC[C@H](C(=O)O)N(C(=O)OC(C)(C)C)C2)cc1C. The molecule has 0 unspecified atom stereocenters. The molecular weight excluding hydrogens is 509 g/mol. The van der Waals surface area contributed by atoms with Gasteiger partial charge in [0, 0.05) is 25.3 Å². The fourth-order valence-corrected chi connectivity index (χ4v) is 4.03. The van der Waals surface area contributed by atoms with Crippen molar-refractivity contribution in [3.63, 3.8) is 0 Å². The van der Waals surface area contributed by atoms with Gasteiger partial charge in [0.1, 0.15) is 23.2 Å². The Bertz CT molecular complexity index is 1170. The minimum absolute atomic E-state index is 0.0558. The number of piperidine rings is 1. The largest absolute Gasteiger partial charge is 0.480 e. The van der Waals surface area contributed by atoms with Crippen LogP contribution in [0.4, 0.5) is 23.8 Å². The number of nitrogens with zero attached hydrogens (tertiary/aromatic N) is 3. The van der Waals surface area contributed by atoms with Crippen LogP contribution in [0.3, 0.4) is 0 Å². The molecule has 10 nitrogen and oxygen atoms in total. The zero-order valence-corrected chi connectivity index (χ0v) is 21.8. The number of rotatable bonds is 7. The third-order valence-corrected chi connectivity index (χ3v) is 5.73. The first-order valence-electron chi connectivity index (χ1n) is 11.9. The second-order valence-corrected chi connectivity index (χ2v) is 9.93. The molecule has 1 fully saturated rings. The highest BCUT2D eigenvalue weighted by atomic mass is 19.4. The predicted octanol–water partition coefficient (Wildman–Crippen LogP) is 4.72. The van der Waals surface area contributed by atoms with Gasteiger partial charge >= 0.3 is 18.2 Å². The van der Waals surface area contributed by atoms with Gasteiger partial charge in [0.2, 0.25) is 0 Å². The van der Waals surface area contributed by atoms with Crippen LogP contribution in [-0.4, -0.2) is 70.4 Å². The molecule has 1 saturated heterocycles. The maximum absolute atomic E-state index is 13.2. The van der Waals surface area contributed by atoms with E-state index in [-0.39, 0.29) is 31.5 Å². The molecule has 2 N–H and O–H groups in total. The summed E-state index contributed by atoms with van der Waals surface area (Å²) in [5.41, 5.74) is -0.427. The van der Waals surface area contributed by atoms with E-state index in [0.29, 0.717) is 29.1 Å². The lowest BCUT2D eigenvalue weighted by molar-refractivity contribution is -0.144. The number of alkyl halides is 3. The zero-order chi connectivity index (χ0) is 28.3. The number of aliphatic carboxylic acids is 1. The molecule has 1 aromatic heterocycles. The number of likely N-dealkylation sites (tertiary alicyclic amines) is 1. The lowest BCUT2D eigenvalue weighted by atomic mass is 9.98. The van der Waals surface area contributed by atoms with E-state index in [1.54, 1.807) is 33.8 Å². The number of carbonyl (C=O) groups excluding carboxylic acids is 1. The van der Waals surface area contributed by atoms with Crippen molar-refractivity contribution in [1.82, 2.24) is 15.1 Å². The summed E-state index contributed by atoms with van der Waals surface area (Å²) in [5.74, 6) is -0.808. The van der Waals surface area contributed by atoms with E-state index >= 15 is 0 Å². The van der Waals surface area contributed by atoms with Gasteiger partial charge in [0.25, 0.3) is 0 Å². The van der Waals surface area contributed by atoms with Crippen LogP contribution in [0.25, 0.3) is 11.3 Å². The van der Waals surface area contributed by atoms with Crippen molar-refractivity contribution in [3.05, 3.63) is 35.4 Å². The maximum atomic E-state index is 13.2. The molecule has 0 spiro atoms. The summed E-state index contributed by atoms with van der Waals surface area (Å²) in [6.07, 6.45) is -4.61. The standard InChI is InChI=1S/C25H31F3N4O6/c1-14-10-20(29-16-7-9-18(22(33)34)32(12-16)23(35)38-24(2,3)4)30-31-21(14)17-8-6-15(25(26,27)28)11-19(17)37-13-36-5/h6,8,10-11,16,18H,7,9,12-13H2,1-5H3,(H,29,30)(H,33,34)/t16-,18-/m1/s1. The molecule has 0 saturated carbocycles. The summed E-state index contributed by atoms with van der Waals surface area (Å²) in [7, 11) is 1.35. The zero-order valence-electron chi connectivity index (χ0n) is 21.8. The van der Waals surface area contributed by atoms with Gasteiger partial charge in [-0.2, -0.15) is 13.2 Å². The Kier molecular flexibility index (Phi) is 8.70. The van der Waals surface area contributed by atoms with Gasteiger partial charge in [-0.3, -0.25) is 4.90 Å². The molecule has 0 aliphatic carbocycles. The first-order chi connectivity index (χ1) is 17.7. The van der Waals surface area contributed by atoms with Gasteiger partial charge in [0.15, 0.2) is 6.79 Å². The molecule has 38 heavy (non-hydrogen) atoms. The molecular formula is C25H31F3N4O6. The molecule has 0 bridgehead atoms. The molecule has 2 atom stereocenters. The van der Waals surface area contributed by atoms with Crippen LogP contribution < -0.4 is 10.1 Å². The minimum Gasteiger partial charge on any atom is -0.480 e. The summed E-state index contributed by atoms with van der Waals surface area (Å²) < 4.78 is 55.3. The molecule has 1 aliphatic heterocycles. The molecule has 0 radical (unpaired) electrons. The summed E-state index contributed by atoms with van der Waals surface area (Å²) in [5, 5.41) is 21.1. The highest BCUT2D eigenvalue weighted by Crippen LogP contribution is 2.37. The van der Waals surface area contributed by atoms with Crippen molar-refractivity contribution < 1.29 is 42.1 Å². The predicted molar refractivity (Wildman–Crippen MR) is 131 cm³/mol. The van der Waals surface area contributed by atoms with Crippen LogP contribution in [0.2, 0.25) is 0 Å². The minimum atomic E-state index is -4.55. The number of ether oxygens (including phenoxy) is 3. The van der Waals surface area contributed by atoms with Crippen LogP contribution in [0, 0.1) is 6.92 Å². The maximum Gasteiger partial charge on any atom is 0.416 e. The Morgan fingerprint density at radius 1 is 1.16 bits per heavy atom. The third-order valence-electron chi connectivity index (χ3n) is 5.73. The van der Waals surface area contributed by atoms with E-state index in [2.05, 4.69) is 15.5 Å². The van der Waals surface area contributed by atoms with Crippen LogP contribution in [-0.2, 0) is 20.4 Å². The lowest BCUT2D eigenvalue weighted by Crippen LogP contribution is -2.55. The average molecular weight is 541 g/mol. The number of carboxylic acids is 1. The number of aryl methyl sites for hydroxylation is 1. The van der Waals surface area contributed by atoms with Gasteiger partial charge in [-0.05, 0) is 70.4 Å². The number of hydrogen-bond acceptors (Lipinski definition) is 8. The molecule has 2 aromatic rings. The van der Waals surface area contributed by atoms with Crippen LogP contribution >= 0.6 is 0 Å². The van der Waals surface area contributed by atoms with Crippen molar-refractivity contribution >= 4 is 17.9 Å². The number of amides is 1.